The van der Waals surface area contributed by atoms with Crippen molar-refractivity contribution in [1.82, 2.24) is 25.1 Å². The second-order valence-corrected chi connectivity index (χ2v) is 4.75. The number of aryl methyl sites for hydroxylation is 1. The maximum Gasteiger partial charge on any atom is 0.216 e. The summed E-state index contributed by atoms with van der Waals surface area (Å²) in [6.07, 6.45) is 1.39. The average molecular weight is 302 g/mol. The molecule has 2 N–H and O–H groups in total. The van der Waals surface area contributed by atoms with Gasteiger partial charge in [0.05, 0.1) is 6.21 Å². The van der Waals surface area contributed by atoms with Gasteiger partial charge in [-0.2, -0.15) is 20.0 Å². The van der Waals surface area contributed by atoms with Gasteiger partial charge in [0.25, 0.3) is 0 Å². The molecule has 0 saturated heterocycles. The largest absolute Gasteiger partial charge is 0.282 e. The zero-order chi connectivity index (χ0) is 14.8. The lowest BCUT2D eigenvalue weighted by Gasteiger charge is -1.98. The number of nitrogens with one attached hydrogen (secondary N) is 2. The molecule has 0 atom stereocenters. The van der Waals surface area contributed by atoms with Crippen molar-refractivity contribution < 1.29 is 4.39 Å². The lowest BCUT2D eigenvalue weighted by atomic mass is 10.2. The number of aromatic nitrogens is 5. The highest BCUT2D eigenvalue weighted by atomic mass is 32.1. The van der Waals surface area contributed by atoms with Gasteiger partial charge in [0, 0.05) is 11.3 Å². The first-order valence-corrected chi connectivity index (χ1v) is 6.54. The number of aromatic amines is 2. The maximum atomic E-state index is 13.6. The van der Waals surface area contributed by atoms with E-state index in [-0.39, 0.29) is 5.82 Å². The second kappa shape index (κ2) is 5.41. The van der Waals surface area contributed by atoms with Crippen LogP contribution in [0.15, 0.2) is 35.4 Å². The number of halogens is 1. The van der Waals surface area contributed by atoms with Gasteiger partial charge in [0.1, 0.15) is 11.5 Å². The van der Waals surface area contributed by atoms with Crippen LogP contribution in [-0.2, 0) is 0 Å². The van der Waals surface area contributed by atoms with Crippen LogP contribution in [0.1, 0.15) is 11.3 Å². The Labute approximate surface area is 124 Å². The van der Waals surface area contributed by atoms with Crippen LogP contribution in [0.25, 0.3) is 11.5 Å². The molecule has 0 unspecified atom stereocenters. The number of nitrogens with zero attached hydrogens (tertiary/aromatic N) is 4. The van der Waals surface area contributed by atoms with Crippen LogP contribution in [0.3, 0.4) is 0 Å². The van der Waals surface area contributed by atoms with Crippen molar-refractivity contribution in [2.75, 3.05) is 0 Å². The van der Waals surface area contributed by atoms with Crippen molar-refractivity contribution in [3.8, 4) is 11.5 Å². The van der Waals surface area contributed by atoms with Crippen molar-refractivity contribution in [3.63, 3.8) is 0 Å². The Morgan fingerprint density at radius 3 is 2.81 bits per heavy atom. The van der Waals surface area contributed by atoms with Crippen molar-refractivity contribution in [3.05, 3.63) is 52.2 Å². The number of H-pyrrole nitrogens is 2. The molecule has 0 aliphatic rings. The van der Waals surface area contributed by atoms with Crippen LogP contribution in [0, 0.1) is 17.5 Å². The van der Waals surface area contributed by atoms with Crippen LogP contribution < -0.4 is 0 Å². The molecule has 0 spiro atoms. The van der Waals surface area contributed by atoms with E-state index in [1.807, 2.05) is 13.0 Å². The van der Waals surface area contributed by atoms with Crippen molar-refractivity contribution in [1.29, 1.82) is 0 Å². The monoisotopic (exact) mass is 302 g/mol. The summed E-state index contributed by atoms with van der Waals surface area (Å²) in [5.74, 6) is 0.102. The quantitative estimate of drug-likeness (QED) is 0.577. The van der Waals surface area contributed by atoms with E-state index in [1.165, 1.54) is 17.0 Å². The minimum Gasteiger partial charge on any atom is -0.282 e. The van der Waals surface area contributed by atoms with Crippen LogP contribution in [0.5, 0.6) is 0 Å². The highest BCUT2D eigenvalue weighted by Crippen LogP contribution is 2.15. The van der Waals surface area contributed by atoms with E-state index < -0.39 is 0 Å². The summed E-state index contributed by atoms with van der Waals surface area (Å²) in [5.41, 5.74) is 1.86. The maximum absolute atomic E-state index is 13.6. The van der Waals surface area contributed by atoms with E-state index in [2.05, 4.69) is 25.5 Å². The molecule has 0 radical (unpaired) electrons. The highest BCUT2D eigenvalue weighted by Gasteiger charge is 2.11. The molecule has 0 fully saturated rings. The van der Waals surface area contributed by atoms with Gasteiger partial charge in [-0.3, -0.25) is 5.10 Å². The predicted molar refractivity (Wildman–Crippen MR) is 79.1 cm³/mol. The Bertz CT molecular complexity index is 859. The zero-order valence-corrected chi connectivity index (χ0v) is 11.9. The van der Waals surface area contributed by atoms with Gasteiger partial charge in [0.2, 0.25) is 10.6 Å². The molecule has 2 heterocycles. The molecule has 0 aliphatic heterocycles. The van der Waals surface area contributed by atoms with Crippen LogP contribution in [0.4, 0.5) is 4.39 Å². The van der Waals surface area contributed by atoms with Crippen molar-refractivity contribution in [2.45, 2.75) is 6.92 Å². The lowest BCUT2D eigenvalue weighted by Crippen LogP contribution is -1.96. The van der Waals surface area contributed by atoms with Crippen LogP contribution in [-0.4, -0.2) is 31.3 Å². The number of rotatable bonds is 3. The van der Waals surface area contributed by atoms with E-state index in [0.717, 1.165) is 5.69 Å². The molecule has 106 valence electrons. The lowest BCUT2D eigenvalue weighted by molar-refractivity contribution is 0.625. The Balaban J connectivity index is 2.02. The SMILES string of the molecule is Cc1cc(-c2n[nH]c(=S)n2N=Cc2ccccc2F)n[nH]1. The summed E-state index contributed by atoms with van der Waals surface area (Å²) < 4.78 is 15.3. The topological polar surface area (TPSA) is 74.7 Å². The molecule has 21 heavy (non-hydrogen) atoms. The third-order valence-electron chi connectivity index (χ3n) is 2.80. The zero-order valence-electron chi connectivity index (χ0n) is 11.0. The minimum atomic E-state index is -0.353. The minimum absolute atomic E-state index is 0.304. The molecule has 0 bridgehead atoms. The van der Waals surface area contributed by atoms with Gasteiger partial charge >= 0.3 is 0 Å². The number of benzene rings is 1. The first-order valence-electron chi connectivity index (χ1n) is 6.14. The fraction of sp³-hybridized carbons (Fsp3) is 0.0769. The molecule has 8 heteroatoms. The average Bonchev–Trinajstić information content (AvgIpc) is 3.04. The van der Waals surface area contributed by atoms with Crippen molar-refractivity contribution in [2.24, 2.45) is 5.10 Å². The van der Waals surface area contributed by atoms with Gasteiger partial charge in [-0.15, -0.1) is 0 Å². The fourth-order valence-corrected chi connectivity index (χ4v) is 1.98. The molecular weight excluding hydrogens is 291 g/mol. The summed E-state index contributed by atoms with van der Waals surface area (Å²) in [5, 5.41) is 17.9. The molecule has 3 rings (SSSR count). The summed E-state index contributed by atoms with van der Waals surface area (Å²) in [7, 11) is 0. The summed E-state index contributed by atoms with van der Waals surface area (Å²) in [4.78, 5) is 0. The molecule has 1 aromatic carbocycles. The normalized spacial score (nSPS) is 11.3. The van der Waals surface area contributed by atoms with Crippen molar-refractivity contribution >= 4 is 18.4 Å². The number of hydrogen-bond acceptors (Lipinski definition) is 4. The van der Waals surface area contributed by atoms with Gasteiger partial charge < -0.3 is 0 Å². The van der Waals surface area contributed by atoms with Crippen LogP contribution in [0.2, 0.25) is 0 Å². The van der Waals surface area contributed by atoms with E-state index in [9.17, 15) is 4.39 Å². The Kier molecular flexibility index (Phi) is 3.44. The third kappa shape index (κ3) is 2.65. The Morgan fingerprint density at radius 1 is 1.29 bits per heavy atom. The fourth-order valence-electron chi connectivity index (χ4n) is 1.80. The number of hydrogen-bond donors (Lipinski definition) is 2. The van der Waals surface area contributed by atoms with E-state index >= 15 is 0 Å². The van der Waals surface area contributed by atoms with Gasteiger partial charge in [0.15, 0.2) is 0 Å². The summed E-state index contributed by atoms with van der Waals surface area (Å²) >= 11 is 5.13. The van der Waals surface area contributed by atoms with Gasteiger partial charge in [-0.25, -0.2) is 9.49 Å². The third-order valence-corrected chi connectivity index (χ3v) is 3.07. The predicted octanol–water partition coefficient (Wildman–Crippen LogP) is 2.66. The highest BCUT2D eigenvalue weighted by molar-refractivity contribution is 7.71. The molecule has 0 aliphatic carbocycles. The summed E-state index contributed by atoms with van der Waals surface area (Å²) in [6, 6.07) is 8.17. The van der Waals surface area contributed by atoms with E-state index in [0.29, 0.717) is 21.9 Å². The molecule has 0 amide bonds. The Morgan fingerprint density at radius 2 is 2.10 bits per heavy atom. The van der Waals surface area contributed by atoms with Crippen LogP contribution >= 0.6 is 12.2 Å². The smallest absolute Gasteiger partial charge is 0.216 e. The molecular formula is C13H11FN6S. The standard InChI is InChI=1S/C13H11FN6S/c1-8-6-11(17-16-8)12-18-19-13(21)20(12)15-7-9-4-2-3-5-10(9)14/h2-7H,1H3,(H,16,17)(H,19,21). The summed E-state index contributed by atoms with van der Waals surface area (Å²) in [6.45, 7) is 1.88. The first kappa shape index (κ1) is 13.4. The Hall–Kier alpha value is -2.61. The molecule has 3 aromatic rings. The molecule has 0 saturated carbocycles. The molecule has 6 nitrogen and oxygen atoms in total. The van der Waals surface area contributed by atoms with E-state index in [1.54, 1.807) is 18.2 Å². The van der Waals surface area contributed by atoms with Gasteiger partial charge in [-0.05, 0) is 31.3 Å². The second-order valence-electron chi connectivity index (χ2n) is 4.37. The van der Waals surface area contributed by atoms with Gasteiger partial charge in [-0.1, -0.05) is 18.2 Å². The first-order chi connectivity index (χ1) is 10.1. The molecule has 2 aromatic heterocycles. The van der Waals surface area contributed by atoms with E-state index in [4.69, 9.17) is 12.2 Å².